The van der Waals surface area contributed by atoms with Gasteiger partial charge in [0.15, 0.2) is 5.89 Å². The quantitative estimate of drug-likeness (QED) is 0.813. The van der Waals surface area contributed by atoms with Gasteiger partial charge in [0.25, 0.3) is 5.91 Å². The fourth-order valence-corrected chi connectivity index (χ4v) is 5.03. The molecule has 2 aliphatic heterocycles. The predicted molar refractivity (Wildman–Crippen MR) is 105 cm³/mol. The zero-order chi connectivity index (χ0) is 19.0. The first-order valence-electron chi connectivity index (χ1n) is 9.93. The number of oxazole rings is 1. The van der Waals surface area contributed by atoms with Gasteiger partial charge in [0, 0.05) is 33.1 Å². The van der Waals surface area contributed by atoms with Crippen molar-refractivity contribution >= 4 is 5.91 Å². The Morgan fingerprint density at radius 3 is 2.52 bits per heavy atom. The normalized spacial score (nSPS) is 22.9. The predicted octanol–water partition coefficient (Wildman–Crippen LogP) is 3.63. The van der Waals surface area contributed by atoms with Crippen LogP contribution in [0.1, 0.15) is 52.9 Å². The van der Waals surface area contributed by atoms with Crippen LogP contribution in [0.4, 0.5) is 0 Å². The Morgan fingerprint density at radius 2 is 1.89 bits per heavy atom. The molecule has 1 spiro atoms. The zero-order valence-electron chi connectivity index (χ0n) is 16.6. The zero-order valence-corrected chi connectivity index (χ0v) is 16.6. The number of hydrogen-bond acceptors (Lipinski definition) is 4. The second kappa shape index (κ2) is 7.12. The summed E-state index contributed by atoms with van der Waals surface area (Å²) in [5.41, 5.74) is 2.44. The van der Waals surface area contributed by atoms with Crippen LogP contribution in [-0.4, -0.2) is 53.9 Å². The Labute approximate surface area is 161 Å². The molecule has 4 rings (SSSR count). The fourth-order valence-electron chi connectivity index (χ4n) is 5.03. The Hall–Kier alpha value is -2.14. The largest absolute Gasteiger partial charge is 0.436 e. The summed E-state index contributed by atoms with van der Waals surface area (Å²) in [6, 6.07) is 10.9. The van der Waals surface area contributed by atoms with E-state index in [1.807, 2.05) is 11.8 Å². The molecule has 1 aromatic heterocycles. The minimum Gasteiger partial charge on any atom is -0.436 e. The molecule has 5 nitrogen and oxygen atoms in total. The maximum Gasteiger partial charge on any atom is 0.291 e. The minimum atomic E-state index is -0.00766. The second-order valence-corrected chi connectivity index (χ2v) is 8.45. The monoisotopic (exact) mass is 367 g/mol. The third kappa shape index (κ3) is 3.65. The van der Waals surface area contributed by atoms with Gasteiger partial charge in [0.2, 0.25) is 5.76 Å². The van der Waals surface area contributed by atoms with E-state index in [1.165, 1.54) is 12.0 Å². The van der Waals surface area contributed by atoms with Crippen molar-refractivity contribution in [1.82, 2.24) is 14.8 Å². The van der Waals surface area contributed by atoms with E-state index >= 15 is 0 Å². The first-order chi connectivity index (χ1) is 13.0. The highest BCUT2D eigenvalue weighted by atomic mass is 16.4. The molecule has 1 amide bonds. The van der Waals surface area contributed by atoms with Crippen LogP contribution in [-0.2, 0) is 0 Å². The van der Waals surface area contributed by atoms with E-state index in [4.69, 9.17) is 4.42 Å². The van der Waals surface area contributed by atoms with Crippen molar-refractivity contribution in [1.29, 1.82) is 0 Å². The van der Waals surface area contributed by atoms with Gasteiger partial charge in [0.05, 0.1) is 5.69 Å². The molecule has 5 heteroatoms. The maximum atomic E-state index is 12.8. The van der Waals surface area contributed by atoms with Gasteiger partial charge in [-0.25, -0.2) is 4.98 Å². The molecule has 3 heterocycles. The van der Waals surface area contributed by atoms with Gasteiger partial charge in [-0.2, -0.15) is 0 Å². The van der Waals surface area contributed by atoms with Gasteiger partial charge in [0.1, 0.15) is 0 Å². The van der Waals surface area contributed by atoms with Crippen LogP contribution in [0.3, 0.4) is 0 Å². The van der Waals surface area contributed by atoms with Crippen molar-refractivity contribution in [3.05, 3.63) is 53.2 Å². The Bertz CT molecular complexity index is 806. The number of carbonyl (C=O) groups is 1. The molecule has 1 atom stereocenters. The SMILES string of the molecule is Cc1nc(C)c(C(=O)N2CCC3(CC2)C[C@H](c2ccccc2)CN(C)C3)o1. The molecule has 0 bridgehead atoms. The van der Waals surface area contributed by atoms with E-state index in [-0.39, 0.29) is 5.91 Å². The van der Waals surface area contributed by atoms with Crippen molar-refractivity contribution in [2.24, 2.45) is 5.41 Å². The lowest BCUT2D eigenvalue weighted by Crippen LogP contribution is -2.51. The second-order valence-electron chi connectivity index (χ2n) is 8.45. The van der Waals surface area contributed by atoms with Crippen molar-refractivity contribution in [3.63, 3.8) is 0 Å². The van der Waals surface area contributed by atoms with Gasteiger partial charge >= 0.3 is 0 Å². The number of aromatic nitrogens is 1. The third-order valence-corrected chi connectivity index (χ3v) is 6.30. The first kappa shape index (κ1) is 18.2. The van der Waals surface area contributed by atoms with E-state index in [0.717, 1.165) is 39.0 Å². The molecule has 144 valence electrons. The number of benzene rings is 1. The molecule has 1 aromatic carbocycles. The maximum absolute atomic E-state index is 12.8. The molecule has 0 N–H and O–H groups in total. The fraction of sp³-hybridized carbons (Fsp3) is 0.545. The number of aryl methyl sites for hydroxylation is 2. The summed E-state index contributed by atoms with van der Waals surface area (Å²) < 4.78 is 5.55. The molecular weight excluding hydrogens is 338 g/mol. The first-order valence-corrected chi connectivity index (χ1v) is 9.93. The molecule has 0 aliphatic carbocycles. The highest BCUT2D eigenvalue weighted by Crippen LogP contribution is 2.44. The van der Waals surface area contributed by atoms with Crippen LogP contribution in [0, 0.1) is 19.3 Å². The summed E-state index contributed by atoms with van der Waals surface area (Å²) in [7, 11) is 2.23. The summed E-state index contributed by atoms with van der Waals surface area (Å²) in [6.07, 6.45) is 3.32. The number of amides is 1. The topological polar surface area (TPSA) is 49.6 Å². The number of likely N-dealkylation sites (tertiary alicyclic amines) is 2. The smallest absolute Gasteiger partial charge is 0.291 e. The number of likely N-dealkylation sites (N-methyl/N-ethyl adjacent to an activating group) is 1. The average molecular weight is 367 g/mol. The molecule has 27 heavy (non-hydrogen) atoms. The molecule has 2 fully saturated rings. The number of hydrogen-bond donors (Lipinski definition) is 0. The lowest BCUT2D eigenvalue weighted by atomic mass is 9.68. The van der Waals surface area contributed by atoms with Crippen molar-refractivity contribution < 1.29 is 9.21 Å². The summed E-state index contributed by atoms with van der Waals surface area (Å²) in [4.78, 5) is 21.5. The molecule has 2 saturated heterocycles. The summed E-state index contributed by atoms with van der Waals surface area (Å²) >= 11 is 0. The number of piperidine rings is 2. The molecule has 2 aliphatic rings. The Morgan fingerprint density at radius 1 is 1.19 bits per heavy atom. The van der Waals surface area contributed by atoms with Gasteiger partial charge in [-0.05, 0) is 50.1 Å². The molecule has 0 radical (unpaired) electrons. The number of nitrogens with zero attached hydrogens (tertiary/aromatic N) is 3. The summed E-state index contributed by atoms with van der Waals surface area (Å²) in [5, 5.41) is 0. The van der Waals surface area contributed by atoms with Crippen LogP contribution >= 0.6 is 0 Å². The summed E-state index contributed by atoms with van der Waals surface area (Å²) in [6.45, 7) is 7.47. The molecule has 2 aromatic rings. The standard InChI is InChI=1S/C22H29N3O2/c1-16-20(27-17(2)23-16)21(26)25-11-9-22(10-12-25)13-19(14-24(3)15-22)18-7-5-4-6-8-18/h4-8,19H,9-15H2,1-3H3/t19-/m0/s1. The van der Waals surface area contributed by atoms with Crippen LogP contribution in [0.15, 0.2) is 34.7 Å². The average Bonchev–Trinajstić information content (AvgIpc) is 3.00. The van der Waals surface area contributed by atoms with Crippen molar-refractivity contribution in [2.75, 3.05) is 33.2 Å². The molecule has 0 saturated carbocycles. The number of carbonyl (C=O) groups excluding carboxylic acids is 1. The van der Waals surface area contributed by atoms with Gasteiger partial charge < -0.3 is 14.2 Å². The Kier molecular flexibility index (Phi) is 4.81. The third-order valence-electron chi connectivity index (χ3n) is 6.30. The molecular formula is C22H29N3O2. The van der Waals surface area contributed by atoms with E-state index in [0.29, 0.717) is 28.7 Å². The van der Waals surface area contributed by atoms with E-state index in [1.54, 1.807) is 6.92 Å². The van der Waals surface area contributed by atoms with Crippen molar-refractivity contribution in [3.8, 4) is 0 Å². The van der Waals surface area contributed by atoms with Gasteiger partial charge in [-0.1, -0.05) is 30.3 Å². The van der Waals surface area contributed by atoms with Crippen LogP contribution in [0.5, 0.6) is 0 Å². The van der Waals surface area contributed by atoms with Crippen LogP contribution in [0.25, 0.3) is 0 Å². The summed E-state index contributed by atoms with van der Waals surface area (Å²) in [5.74, 6) is 1.54. The lowest BCUT2D eigenvalue weighted by molar-refractivity contribution is 0.0210. The van der Waals surface area contributed by atoms with E-state index in [9.17, 15) is 4.79 Å². The van der Waals surface area contributed by atoms with E-state index < -0.39 is 0 Å². The minimum absolute atomic E-state index is 0.00766. The van der Waals surface area contributed by atoms with E-state index in [2.05, 4.69) is 47.3 Å². The Balaban J connectivity index is 1.45. The van der Waals surface area contributed by atoms with Crippen molar-refractivity contribution in [2.45, 2.75) is 39.0 Å². The highest BCUT2D eigenvalue weighted by Gasteiger charge is 2.42. The van der Waals surface area contributed by atoms with Gasteiger partial charge in [-0.3, -0.25) is 4.79 Å². The lowest BCUT2D eigenvalue weighted by Gasteiger charge is -2.49. The van der Waals surface area contributed by atoms with Gasteiger partial charge in [-0.15, -0.1) is 0 Å². The number of rotatable bonds is 2. The van der Waals surface area contributed by atoms with Crippen LogP contribution in [0.2, 0.25) is 0 Å². The highest BCUT2D eigenvalue weighted by molar-refractivity contribution is 5.92. The molecule has 0 unspecified atom stereocenters. The van der Waals surface area contributed by atoms with Crippen LogP contribution < -0.4 is 0 Å².